The molecule has 2 aromatic heterocycles. The zero-order valence-electron chi connectivity index (χ0n) is 15.9. The topological polar surface area (TPSA) is 110 Å². The molecule has 0 bridgehead atoms. The van der Waals surface area contributed by atoms with Crippen LogP contribution in [-0.2, 0) is 20.9 Å². The number of fused-ring (bicyclic) bond motifs is 1. The predicted molar refractivity (Wildman–Crippen MR) is 102 cm³/mol. The molecule has 1 aliphatic heterocycles. The molecule has 0 unspecified atom stereocenters. The largest absolute Gasteiger partial charge is 0.458 e. The average Bonchev–Trinajstić information content (AvgIpc) is 3.18. The lowest BCUT2D eigenvalue weighted by Gasteiger charge is -2.22. The maximum atomic E-state index is 12.6. The van der Waals surface area contributed by atoms with E-state index >= 15 is 0 Å². The third-order valence-electron chi connectivity index (χ3n) is 4.59. The first-order valence-corrected chi connectivity index (χ1v) is 9.83. The molecule has 3 heterocycles. The number of aromatic nitrogens is 2. The number of imide groups is 1. The number of rotatable bonds is 7. The second kappa shape index (κ2) is 7.70. The van der Waals surface area contributed by atoms with Crippen LogP contribution >= 0.6 is 11.3 Å². The van der Waals surface area contributed by atoms with Crippen molar-refractivity contribution in [2.75, 3.05) is 6.54 Å². The summed E-state index contributed by atoms with van der Waals surface area (Å²) in [5, 5.41) is 4.39. The van der Waals surface area contributed by atoms with Gasteiger partial charge in [-0.15, -0.1) is 11.3 Å². The Kier molecular flexibility index (Phi) is 5.50. The molecule has 1 saturated heterocycles. The minimum absolute atomic E-state index is 0.212. The second-order valence-electron chi connectivity index (χ2n) is 7.39. The summed E-state index contributed by atoms with van der Waals surface area (Å²) in [6.45, 7) is 5.04. The highest BCUT2D eigenvalue weighted by molar-refractivity contribution is 7.15. The minimum Gasteiger partial charge on any atom is -0.458 e. The molecule has 0 radical (unpaired) electrons. The molecule has 9 nitrogen and oxygen atoms in total. The number of thiazole rings is 1. The number of esters is 1. The molecular formula is C18H22N4O5S. The smallest absolute Gasteiger partial charge is 0.326 e. The Morgan fingerprint density at radius 3 is 2.82 bits per heavy atom. The fraction of sp³-hybridized carbons (Fsp3) is 0.500. The number of hydrogen-bond donors (Lipinski definition) is 1. The van der Waals surface area contributed by atoms with E-state index in [4.69, 9.17) is 4.74 Å². The highest BCUT2D eigenvalue weighted by Gasteiger charge is 2.48. The van der Waals surface area contributed by atoms with Crippen molar-refractivity contribution in [3.05, 3.63) is 33.7 Å². The number of nitrogens with zero attached hydrogens (tertiary/aromatic N) is 3. The molecule has 0 spiro atoms. The van der Waals surface area contributed by atoms with Gasteiger partial charge in [0.15, 0.2) is 4.96 Å². The molecule has 0 aliphatic carbocycles. The lowest BCUT2D eigenvalue weighted by molar-refractivity contribution is -0.148. The fourth-order valence-corrected chi connectivity index (χ4v) is 3.67. The highest BCUT2D eigenvalue weighted by atomic mass is 32.1. The summed E-state index contributed by atoms with van der Waals surface area (Å²) < 4.78 is 6.50. The quantitative estimate of drug-likeness (QED) is 0.552. The Morgan fingerprint density at radius 1 is 1.36 bits per heavy atom. The summed E-state index contributed by atoms with van der Waals surface area (Å²) in [5.41, 5.74) is -0.977. The van der Waals surface area contributed by atoms with Gasteiger partial charge in [0, 0.05) is 17.6 Å². The lowest BCUT2D eigenvalue weighted by atomic mass is 9.92. The van der Waals surface area contributed by atoms with E-state index in [-0.39, 0.29) is 12.2 Å². The Labute approximate surface area is 165 Å². The molecule has 2 aromatic rings. The maximum Gasteiger partial charge on any atom is 0.326 e. The van der Waals surface area contributed by atoms with E-state index in [0.29, 0.717) is 23.0 Å². The molecule has 0 aromatic carbocycles. The third kappa shape index (κ3) is 4.06. The summed E-state index contributed by atoms with van der Waals surface area (Å²) in [7, 11) is 0. The molecule has 3 amide bonds. The molecule has 1 N–H and O–H groups in total. The second-order valence-corrected chi connectivity index (χ2v) is 8.26. The Balaban J connectivity index is 1.60. The SMILES string of the molecule is CC(C)CC[C@@]1(C)NC(=O)N(CC(=O)OCc2cc(=O)n3ccsc3n2)C1=O. The van der Waals surface area contributed by atoms with E-state index in [1.54, 1.807) is 18.5 Å². The van der Waals surface area contributed by atoms with Gasteiger partial charge in [0.2, 0.25) is 0 Å². The van der Waals surface area contributed by atoms with Crippen molar-refractivity contribution in [2.24, 2.45) is 5.92 Å². The molecule has 3 rings (SSSR count). The van der Waals surface area contributed by atoms with Gasteiger partial charge in [-0.3, -0.25) is 23.7 Å². The number of carbonyl (C=O) groups is 3. The van der Waals surface area contributed by atoms with Crippen LogP contribution < -0.4 is 10.9 Å². The van der Waals surface area contributed by atoms with E-state index < -0.39 is 30.0 Å². The summed E-state index contributed by atoms with van der Waals surface area (Å²) in [6.07, 6.45) is 2.88. The van der Waals surface area contributed by atoms with E-state index in [2.05, 4.69) is 10.3 Å². The first-order valence-electron chi connectivity index (χ1n) is 8.95. The van der Waals surface area contributed by atoms with Crippen LogP contribution in [0.3, 0.4) is 0 Å². The molecule has 1 atom stereocenters. The number of amides is 3. The van der Waals surface area contributed by atoms with Gasteiger partial charge < -0.3 is 10.1 Å². The summed E-state index contributed by atoms with van der Waals surface area (Å²) >= 11 is 1.29. The fourth-order valence-electron chi connectivity index (χ4n) is 2.93. The minimum atomic E-state index is -1.01. The zero-order valence-corrected chi connectivity index (χ0v) is 16.7. The van der Waals surface area contributed by atoms with Crippen LogP contribution in [0.25, 0.3) is 4.96 Å². The monoisotopic (exact) mass is 406 g/mol. The van der Waals surface area contributed by atoms with Crippen LogP contribution in [0.1, 0.15) is 39.3 Å². The average molecular weight is 406 g/mol. The first kappa shape index (κ1) is 20.0. The van der Waals surface area contributed by atoms with Gasteiger partial charge in [-0.2, -0.15) is 0 Å². The molecule has 0 saturated carbocycles. The van der Waals surface area contributed by atoms with Crippen molar-refractivity contribution < 1.29 is 19.1 Å². The van der Waals surface area contributed by atoms with Gasteiger partial charge in [-0.25, -0.2) is 9.78 Å². The van der Waals surface area contributed by atoms with Crippen molar-refractivity contribution in [1.82, 2.24) is 19.6 Å². The molecule has 10 heteroatoms. The number of nitrogens with one attached hydrogen (secondary N) is 1. The number of hydrogen-bond acceptors (Lipinski definition) is 7. The van der Waals surface area contributed by atoms with Gasteiger partial charge in [-0.1, -0.05) is 13.8 Å². The van der Waals surface area contributed by atoms with Gasteiger partial charge in [-0.05, 0) is 25.7 Å². The van der Waals surface area contributed by atoms with E-state index in [0.717, 1.165) is 11.3 Å². The van der Waals surface area contributed by atoms with Gasteiger partial charge in [0.1, 0.15) is 18.7 Å². The van der Waals surface area contributed by atoms with E-state index in [9.17, 15) is 19.2 Å². The number of carbonyl (C=O) groups excluding carboxylic acids is 3. The maximum absolute atomic E-state index is 12.6. The lowest BCUT2D eigenvalue weighted by Crippen LogP contribution is -2.44. The van der Waals surface area contributed by atoms with Crippen molar-refractivity contribution in [2.45, 2.75) is 45.8 Å². The van der Waals surface area contributed by atoms with Gasteiger partial charge in [0.25, 0.3) is 11.5 Å². The van der Waals surface area contributed by atoms with Crippen molar-refractivity contribution in [3.63, 3.8) is 0 Å². The molecule has 28 heavy (non-hydrogen) atoms. The molecule has 1 fully saturated rings. The van der Waals surface area contributed by atoms with Crippen LogP contribution in [0.2, 0.25) is 0 Å². The third-order valence-corrected chi connectivity index (χ3v) is 5.35. The Morgan fingerprint density at radius 2 is 2.11 bits per heavy atom. The predicted octanol–water partition coefficient (Wildman–Crippen LogP) is 1.55. The first-order chi connectivity index (χ1) is 13.2. The Hall–Kier alpha value is -2.75. The van der Waals surface area contributed by atoms with Crippen molar-refractivity contribution >= 4 is 34.2 Å². The van der Waals surface area contributed by atoms with Crippen molar-refractivity contribution in [1.29, 1.82) is 0 Å². The number of ether oxygens (including phenoxy) is 1. The van der Waals surface area contributed by atoms with Gasteiger partial charge in [0.05, 0.1) is 5.69 Å². The van der Waals surface area contributed by atoms with Gasteiger partial charge >= 0.3 is 12.0 Å². The Bertz CT molecular complexity index is 982. The van der Waals surface area contributed by atoms with Crippen LogP contribution in [0, 0.1) is 5.92 Å². The van der Waals surface area contributed by atoms with E-state index in [1.807, 2.05) is 13.8 Å². The molecule has 150 valence electrons. The summed E-state index contributed by atoms with van der Waals surface area (Å²) in [4.78, 5) is 54.4. The van der Waals surface area contributed by atoms with Crippen LogP contribution in [0.5, 0.6) is 0 Å². The molecular weight excluding hydrogens is 384 g/mol. The normalized spacial score (nSPS) is 19.5. The van der Waals surface area contributed by atoms with Crippen molar-refractivity contribution in [3.8, 4) is 0 Å². The zero-order chi connectivity index (χ0) is 20.5. The van der Waals surface area contributed by atoms with E-state index in [1.165, 1.54) is 21.8 Å². The molecule has 1 aliphatic rings. The van der Waals surface area contributed by atoms with Crippen LogP contribution in [0.4, 0.5) is 4.79 Å². The van der Waals surface area contributed by atoms with Crippen LogP contribution in [-0.4, -0.2) is 44.3 Å². The summed E-state index contributed by atoms with van der Waals surface area (Å²) in [6, 6.07) is 0.675. The highest BCUT2D eigenvalue weighted by Crippen LogP contribution is 2.24. The standard InChI is InChI=1S/C18H22N4O5S/c1-11(2)4-5-18(3)15(25)22(16(26)20-18)9-14(24)27-10-12-8-13(23)21-6-7-28-17(21)19-12/h6-8,11H,4-5,9-10H2,1-3H3,(H,20,26)/t18-/m1/s1. The summed E-state index contributed by atoms with van der Waals surface area (Å²) in [5.74, 6) is -0.797. The number of urea groups is 1. The van der Waals surface area contributed by atoms with Crippen LogP contribution in [0.15, 0.2) is 22.4 Å².